The number of non-ortho nitro benzene ring substituents is 1. The number of nitrogens with zero attached hydrogens (tertiary/aromatic N) is 2. The summed E-state index contributed by atoms with van der Waals surface area (Å²) in [6.07, 6.45) is 0. The monoisotopic (exact) mass is 292 g/mol. The Balaban J connectivity index is 2.10. The fourth-order valence-electron chi connectivity index (χ4n) is 2.48. The van der Waals surface area contributed by atoms with Gasteiger partial charge in [0.05, 0.1) is 10.8 Å². The number of rotatable bonds is 5. The van der Waals surface area contributed by atoms with Crippen molar-refractivity contribution in [2.24, 2.45) is 5.92 Å². The largest absolute Gasteiger partial charge is 0.338 e. The molecule has 0 aliphatic carbocycles. The molecule has 2 unspecified atom stereocenters. The van der Waals surface area contributed by atoms with Crippen molar-refractivity contribution in [3.05, 3.63) is 39.9 Å². The number of carbonyl (C=O) groups excluding carboxylic acids is 1. The smallest absolute Gasteiger partial charge is 0.269 e. The van der Waals surface area contributed by atoms with Gasteiger partial charge in [0, 0.05) is 37.8 Å². The molecule has 1 aromatic carbocycles. The van der Waals surface area contributed by atoms with Gasteiger partial charge in [0.15, 0.2) is 0 Å². The van der Waals surface area contributed by atoms with Crippen LogP contribution in [0, 0.1) is 16.0 Å². The van der Waals surface area contributed by atoms with Crippen LogP contribution in [0.5, 0.6) is 0 Å². The van der Waals surface area contributed by atoms with Crippen molar-refractivity contribution >= 4 is 11.6 Å². The van der Waals surface area contributed by atoms with Gasteiger partial charge in [-0.25, -0.2) is 0 Å². The van der Waals surface area contributed by atoms with Crippen molar-refractivity contribution in [2.75, 3.05) is 13.1 Å². The zero-order chi connectivity index (χ0) is 15.4. The summed E-state index contributed by atoms with van der Waals surface area (Å²) in [5, 5.41) is 10.8. The third-order valence-corrected chi connectivity index (χ3v) is 3.76. The van der Waals surface area contributed by atoms with Crippen molar-refractivity contribution in [1.29, 1.82) is 0 Å². The summed E-state index contributed by atoms with van der Waals surface area (Å²) >= 11 is 0. The van der Waals surface area contributed by atoms with E-state index in [0.717, 1.165) is 5.56 Å². The van der Waals surface area contributed by atoms with Crippen LogP contribution in [-0.4, -0.2) is 34.9 Å². The first kappa shape index (κ1) is 15.4. The summed E-state index contributed by atoms with van der Waals surface area (Å²) in [6.45, 7) is 5.44. The third kappa shape index (κ3) is 3.56. The predicted molar refractivity (Wildman–Crippen MR) is 78.3 cm³/mol. The Hall–Kier alpha value is -1.99. The molecule has 21 heavy (non-hydrogen) atoms. The Bertz CT molecular complexity index is 535. The molecule has 2 atom stereocenters. The van der Waals surface area contributed by atoms with Gasteiger partial charge in [-0.15, -0.1) is 0 Å². The van der Waals surface area contributed by atoms with E-state index in [1.165, 1.54) is 12.1 Å². The number of nitro benzene ring substituents is 1. The zero-order valence-electron chi connectivity index (χ0n) is 12.2. The van der Waals surface area contributed by atoms with Crippen LogP contribution in [0.15, 0.2) is 24.3 Å². The third-order valence-electron chi connectivity index (χ3n) is 3.76. The molecular weight excluding hydrogens is 272 g/mol. The number of hydrogen-bond donors (Lipinski definition) is 2. The number of benzene rings is 1. The number of hydrogen-bond acceptors (Lipinski definition) is 5. The molecule has 0 bridgehead atoms. The molecule has 1 saturated heterocycles. The van der Waals surface area contributed by atoms with E-state index in [1.54, 1.807) is 17.0 Å². The van der Waals surface area contributed by atoms with Crippen LogP contribution in [0.2, 0.25) is 0 Å². The number of nitrogens with one attached hydrogen (secondary N) is 2. The van der Waals surface area contributed by atoms with Crippen LogP contribution < -0.4 is 10.9 Å². The molecule has 1 amide bonds. The zero-order valence-corrected chi connectivity index (χ0v) is 12.2. The molecular formula is C14H20N4O3. The lowest BCUT2D eigenvalue weighted by Crippen LogP contribution is -2.40. The van der Waals surface area contributed by atoms with Gasteiger partial charge in [0.25, 0.3) is 5.69 Å². The molecule has 2 rings (SSSR count). The molecule has 1 heterocycles. The van der Waals surface area contributed by atoms with E-state index in [9.17, 15) is 14.9 Å². The molecule has 7 nitrogen and oxygen atoms in total. The van der Waals surface area contributed by atoms with Gasteiger partial charge >= 0.3 is 0 Å². The Kier molecular flexibility index (Phi) is 4.87. The molecule has 1 aliphatic heterocycles. The highest BCUT2D eigenvalue weighted by atomic mass is 16.6. The van der Waals surface area contributed by atoms with E-state index in [0.29, 0.717) is 19.6 Å². The van der Waals surface area contributed by atoms with E-state index in [2.05, 4.69) is 10.9 Å². The first-order valence-electron chi connectivity index (χ1n) is 7.03. The maximum Gasteiger partial charge on any atom is 0.269 e. The fraction of sp³-hybridized carbons (Fsp3) is 0.500. The lowest BCUT2D eigenvalue weighted by atomic mass is 10.0. The average Bonchev–Trinajstić information content (AvgIpc) is 2.90. The van der Waals surface area contributed by atoms with Crippen molar-refractivity contribution in [1.82, 2.24) is 15.8 Å². The Morgan fingerprint density at radius 1 is 1.52 bits per heavy atom. The summed E-state index contributed by atoms with van der Waals surface area (Å²) in [7, 11) is 0. The predicted octanol–water partition coefficient (Wildman–Crippen LogP) is 1.06. The highest BCUT2D eigenvalue weighted by molar-refractivity contribution is 5.80. The number of nitro groups is 1. The van der Waals surface area contributed by atoms with Gasteiger partial charge in [0.2, 0.25) is 5.91 Å². The van der Waals surface area contributed by atoms with E-state index >= 15 is 0 Å². The van der Waals surface area contributed by atoms with Crippen LogP contribution in [0.1, 0.15) is 19.4 Å². The number of amides is 1. The Morgan fingerprint density at radius 2 is 2.29 bits per heavy atom. The standard InChI is InChI=1S/C14H20N4O3/c1-3-17(14(19)13-8-15-16-10(13)2)9-11-5-4-6-12(7-11)18(20)21/h4-7,10,13,15-16H,3,8-9H2,1-2H3. The minimum Gasteiger partial charge on any atom is -0.338 e. The molecule has 0 spiro atoms. The summed E-state index contributed by atoms with van der Waals surface area (Å²) in [5.74, 6) is -0.0438. The van der Waals surface area contributed by atoms with Crippen LogP contribution >= 0.6 is 0 Å². The second-order valence-corrected chi connectivity index (χ2v) is 5.20. The molecule has 2 N–H and O–H groups in total. The van der Waals surface area contributed by atoms with Crippen LogP contribution in [-0.2, 0) is 11.3 Å². The summed E-state index contributed by atoms with van der Waals surface area (Å²) < 4.78 is 0. The highest BCUT2D eigenvalue weighted by Gasteiger charge is 2.32. The summed E-state index contributed by atoms with van der Waals surface area (Å²) in [5.41, 5.74) is 6.83. The Labute approximate surface area is 123 Å². The van der Waals surface area contributed by atoms with E-state index in [4.69, 9.17) is 0 Å². The molecule has 7 heteroatoms. The molecule has 1 aromatic rings. The first-order chi connectivity index (χ1) is 10.0. The van der Waals surface area contributed by atoms with Crippen LogP contribution in [0.4, 0.5) is 5.69 Å². The summed E-state index contributed by atoms with van der Waals surface area (Å²) in [6, 6.07) is 6.50. The number of hydrazine groups is 1. The van der Waals surface area contributed by atoms with E-state index in [-0.39, 0.29) is 23.6 Å². The lowest BCUT2D eigenvalue weighted by Gasteiger charge is -2.25. The summed E-state index contributed by atoms with van der Waals surface area (Å²) in [4.78, 5) is 24.6. The van der Waals surface area contributed by atoms with Gasteiger partial charge in [-0.05, 0) is 19.4 Å². The topological polar surface area (TPSA) is 87.5 Å². The normalized spacial score (nSPS) is 21.2. The molecule has 1 fully saturated rings. The van der Waals surface area contributed by atoms with Crippen molar-refractivity contribution < 1.29 is 9.72 Å². The van der Waals surface area contributed by atoms with Crippen molar-refractivity contribution in [3.63, 3.8) is 0 Å². The van der Waals surface area contributed by atoms with E-state index < -0.39 is 4.92 Å². The molecule has 114 valence electrons. The van der Waals surface area contributed by atoms with Gasteiger partial charge in [-0.1, -0.05) is 12.1 Å². The highest BCUT2D eigenvalue weighted by Crippen LogP contribution is 2.17. The first-order valence-corrected chi connectivity index (χ1v) is 7.03. The van der Waals surface area contributed by atoms with Gasteiger partial charge in [-0.2, -0.15) is 0 Å². The lowest BCUT2D eigenvalue weighted by molar-refractivity contribution is -0.384. The SMILES string of the molecule is CCN(Cc1cccc([N+](=O)[O-])c1)C(=O)C1CNNC1C. The van der Waals surface area contributed by atoms with Gasteiger partial charge in [-0.3, -0.25) is 25.8 Å². The second kappa shape index (κ2) is 6.64. The van der Waals surface area contributed by atoms with Crippen molar-refractivity contribution in [2.45, 2.75) is 26.4 Å². The molecule has 0 saturated carbocycles. The molecule has 0 aromatic heterocycles. The van der Waals surface area contributed by atoms with Crippen molar-refractivity contribution in [3.8, 4) is 0 Å². The van der Waals surface area contributed by atoms with Crippen LogP contribution in [0.25, 0.3) is 0 Å². The van der Waals surface area contributed by atoms with E-state index in [1.807, 2.05) is 13.8 Å². The van der Waals surface area contributed by atoms with Gasteiger partial charge < -0.3 is 4.90 Å². The maximum absolute atomic E-state index is 12.5. The Morgan fingerprint density at radius 3 is 2.86 bits per heavy atom. The maximum atomic E-state index is 12.5. The minimum absolute atomic E-state index is 0.0496. The molecule has 1 aliphatic rings. The molecule has 0 radical (unpaired) electrons. The number of carbonyl (C=O) groups is 1. The average molecular weight is 292 g/mol. The minimum atomic E-state index is -0.422. The van der Waals surface area contributed by atoms with Gasteiger partial charge in [0.1, 0.15) is 0 Å². The fourth-order valence-corrected chi connectivity index (χ4v) is 2.48. The van der Waals surface area contributed by atoms with Crippen LogP contribution in [0.3, 0.4) is 0 Å². The second-order valence-electron chi connectivity index (χ2n) is 5.20. The quantitative estimate of drug-likeness (QED) is 0.626.